The quantitative estimate of drug-likeness (QED) is 0.491. The molecule has 0 aromatic heterocycles. The van der Waals surface area contributed by atoms with Gasteiger partial charge in [-0.1, -0.05) is 12.2 Å². The Morgan fingerprint density at radius 2 is 2.10 bits per heavy atom. The molecule has 0 unspecified atom stereocenters. The van der Waals surface area contributed by atoms with Gasteiger partial charge in [0.05, 0.1) is 16.4 Å². The van der Waals surface area contributed by atoms with E-state index in [1.54, 1.807) is 12.1 Å². The number of rotatable bonds is 7. The van der Waals surface area contributed by atoms with Gasteiger partial charge in [-0.3, -0.25) is 0 Å². The van der Waals surface area contributed by atoms with E-state index in [1.807, 2.05) is 0 Å². The largest absolute Gasteiger partial charge is 0.389 e. The Kier molecular flexibility index (Phi) is 6.31. The molecule has 20 heavy (non-hydrogen) atoms. The molecule has 0 saturated heterocycles. The van der Waals surface area contributed by atoms with Gasteiger partial charge < -0.3 is 11.1 Å². The molecule has 4 N–H and O–H groups in total. The third-order valence-corrected chi connectivity index (χ3v) is 4.10. The van der Waals surface area contributed by atoms with Gasteiger partial charge in [0.1, 0.15) is 4.99 Å². The van der Waals surface area contributed by atoms with Crippen molar-refractivity contribution in [2.75, 3.05) is 24.7 Å². The third-order valence-electron chi connectivity index (χ3n) is 2.38. The summed E-state index contributed by atoms with van der Waals surface area (Å²) in [6.45, 7) is 0.720. The van der Waals surface area contributed by atoms with Crippen LogP contribution in [0, 0.1) is 5.82 Å². The molecule has 0 bridgehead atoms. The molecular formula is C11H15BrFN3O2S2. The van der Waals surface area contributed by atoms with Crippen LogP contribution in [0.1, 0.15) is 12.0 Å². The first-order valence-corrected chi connectivity index (χ1v) is 8.78. The van der Waals surface area contributed by atoms with Crippen molar-refractivity contribution < 1.29 is 12.8 Å². The summed E-state index contributed by atoms with van der Waals surface area (Å²) in [4.78, 5) is 0.111. The van der Waals surface area contributed by atoms with Gasteiger partial charge in [-0.15, -0.1) is 0 Å². The SMILES string of the molecule is CS(=O)(=O)NCCCNc1ccc(C(N)=S)c(Br)c1F. The maximum atomic E-state index is 14.0. The van der Waals surface area contributed by atoms with Crippen LogP contribution in [-0.4, -0.2) is 32.8 Å². The standard InChI is InChI=1S/C11H15BrFN3O2S2/c1-20(17,18)16-6-2-5-15-8-4-3-7(11(14)19)9(12)10(8)13/h3-4,15-16H,2,5-6H2,1H3,(H2,14,19). The second-order valence-corrected chi connectivity index (χ2v) is 7.17. The van der Waals surface area contributed by atoms with Gasteiger partial charge in [0.15, 0.2) is 5.82 Å². The minimum absolute atomic E-state index is 0.111. The topological polar surface area (TPSA) is 84.2 Å². The summed E-state index contributed by atoms with van der Waals surface area (Å²) in [5, 5.41) is 2.88. The zero-order valence-electron chi connectivity index (χ0n) is 10.7. The molecule has 0 fully saturated rings. The molecule has 0 aliphatic heterocycles. The van der Waals surface area contributed by atoms with Crippen molar-refractivity contribution in [1.29, 1.82) is 0 Å². The molecule has 1 aromatic rings. The van der Waals surface area contributed by atoms with Crippen LogP contribution in [0.5, 0.6) is 0 Å². The van der Waals surface area contributed by atoms with Crippen LogP contribution in [0.15, 0.2) is 16.6 Å². The molecule has 1 rings (SSSR count). The highest BCUT2D eigenvalue weighted by Gasteiger charge is 2.12. The Balaban J connectivity index is 2.57. The van der Waals surface area contributed by atoms with Crippen LogP contribution in [0.3, 0.4) is 0 Å². The lowest BCUT2D eigenvalue weighted by molar-refractivity contribution is 0.586. The highest BCUT2D eigenvalue weighted by molar-refractivity contribution is 9.10. The van der Waals surface area contributed by atoms with Crippen LogP contribution >= 0.6 is 28.1 Å². The molecule has 0 heterocycles. The van der Waals surface area contributed by atoms with Crippen molar-refractivity contribution in [2.45, 2.75) is 6.42 Å². The second-order valence-electron chi connectivity index (χ2n) is 4.10. The van der Waals surface area contributed by atoms with E-state index in [1.165, 1.54) is 0 Å². The van der Waals surface area contributed by atoms with E-state index in [9.17, 15) is 12.8 Å². The fraction of sp³-hybridized carbons (Fsp3) is 0.364. The van der Waals surface area contributed by atoms with E-state index >= 15 is 0 Å². The Hall–Kier alpha value is -0.770. The number of halogens is 2. The third kappa shape index (κ3) is 5.31. The predicted octanol–water partition coefficient (Wildman–Crippen LogP) is 1.57. The van der Waals surface area contributed by atoms with Crippen LogP contribution in [-0.2, 0) is 10.0 Å². The van der Waals surface area contributed by atoms with Crippen molar-refractivity contribution in [3.8, 4) is 0 Å². The van der Waals surface area contributed by atoms with Crippen molar-refractivity contribution >= 4 is 48.8 Å². The Labute approximate surface area is 131 Å². The molecule has 112 valence electrons. The normalized spacial score (nSPS) is 11.3. The number of thiocarbonyl (C=S) groups is 1. The highest BCUT2D eigenvalue weighted by atomic mass is 79.9. The predicted molar refractivity (Wildman–Crippen MR) is 85.9 cm³/mol. The van der Waals surface area contributed by atoms with Gasteiger partial charge in [-0.2, -0.15) is 0 Å². The zero-order valence-corrected chi connectivity index (χ0v) is 14.0. The lowest BCUT2D eigenvalue weighted by Crippen LogP contribution is -2.24. The van der Waals surface area contributed by atoms with E-state index < -0.39 is 15.8 Å². The summed E-state index contributed by atoms with van der Waals surface area (Å²) in [5.41, 5.74) is 6.20. The molecular weight excluding hydrogens is 369 g/mol. The number of sulfonamides is 1. The first-order chi connectivity index (χ1) is 9.22. The molecule has 0 saturated carbocycles. The molecule has 0 amide bonds. The second kappa shape index (κ2) is 7.30. The number of hydrogen-bond donors (Lipinski definition) is 3. The van der Waals surface area contributed by atoms with E-state index in [4.69, 9.17) is 18.0 Å². The van der Waals surface area contributed by atoms with Crippen LogP contribution in [0.2, 0.25) is 0 Å². The van der Waals surface area contributed by atoms with Gasteiger partial charge in [-0.05, 0) is 34.5 Å². The maximum absolute atomic E-state index is 14.0. The monoisotopic (exact) mass is 383 g/mol. The molecule has 0 radical (unpaired) electrons. The molecule has 0 atom stereocenters. The minimum Gasteiger partial charge on any atom is -0.389 e. The molecule has 1 aromatic carbocycles. The molecule has 0 spiro atoms. The van der Waals surface area contributed by atoms with Gasteiger partial charge in [-0.25, -0.2) is 17.5 Å². The summed E-state index contributed by atoms with van der Waals surface area (Å²) in [5.74, 6) is -0.480. The van der Waals surface area contributed by atoms with E-state index in [2.05, 4.69) is 26.0 Å². The molecule has 0 aliphatic rings. The fourth-order valence-corrected chi connectivity index (χ4v) is 2.82. The average Bonchev–Trinajstić information content (AvgIpc) is 2.32. The lowest BCUT2D eigenvalue weighted by Gasteiger charge is -2.11. The average molecular weight is 384 g/mol. The maximum Gasteiger partial charge on any atom is 0.208 e. The number of benzene rings is 1. The summed E-state index contributed by atoms with van der Waals surface area (Å²) in [6.07, 6.45) is 1.62. The Morgan fingerprint density at radius 3 is 2.65 bits per heavy atom. The summed E-state index contributed by atoms with van der Waals surface area (Å²) in [7, 11) is -3.19. The van der Waals surface area contributed by atoms with Gasteiger partial charge in [0.25, 0.3) is 0 Å². The van der Waals surface area contributed by atoms with Crippen molar-refractivity contribution in [2.24, 2.45) is 5.73 Å². The zero-order chi connectivity index (χ0) is 15.3. The minimum atomic E-state index is -3.19. The summed E-state index contributed by atoms with van der Waals surface area (Å²) < 4.78 is 38.2. The van der Waals surface area contributed by atoms with E-state index in [0.29, 0.717) is 30.8 Å². The summed E-state index contributed by atoms with van der Waals surface area (Å²) in [6, 6.07) is 3.16. The van der Waals surface area contributed by atoms with Crippen LogP contribution in [0.25, 0.3) is 0 Å². The number of nitrogens with two attached hydrogens (primary N) is 1. The Morgan fingerprint density at radius 1 is 1.45 bits per heavy atom. The highest BCUT2D eigenvalue weighted by Crippen LogP contribution is 2.26. The Bertz CT molecular complexity index is 608. The van der Waals surface area contributed by atoms with Crippen LogP contribution < -0.4 is 15.8 Å². The first-order valence-electron chi connectivity index (χ1n) is 5.68. The van der Waals surface area contributed by atoms with E-state index in [-0.39, 0.29) is 9.46 Å². The summed E-state index contributed by atoms with van der Waals surface area (Å²) >= 11 is 7.91. The lowest BCUT2D eigenvalue weighted by atomic mass is 10.2. The smallest absolute Gasteiger partial charge is 0.208 e. The van der Waals surface area contributed by atoms with Gasteiger partial charge >= 0.3 is 0 Å². The molecule has 9 heteroatoms. The van der Waals surface area contributed by atoms with Gasteiger partial charge in [0, 0.05) is 18.7 Å². The van der Waals surface area contributed by atoms with Crippen LogP contribution in [0.4, 0.5) is 10.1 Å². The van der Waals surface area contributed by atoms with Gasteiger partial charge in [0.2, 0.25) is 10.0 Å². The van der Waals surface area contributed by atoms with Crippen molar-refractivity contribution in [3.05, 3.63) is 28.0 Å². The number of hydrogen-bond acceptors (Lipinski definition) is 4. The molecule has 0 aliphatic carbocycles. The fourth-order valence-electron chi connectivity index (χ4n) is 1.45. The molecule has 5 nitrogen and oxygen atoms in total. The van der Waals surface area contributed by atoms with Crippen molar-refractivity contribution in [3.63, 3.8) is 0 Å². The van der Waals surface area contributed by atoms with E-state index in [0.717, 1.165) is 6.26 Å². The van der Waals surface area contributed by atoms with Crippen molar-refractivity contribution in [1.82, 2.24) is 4.72 Å². The number of anilines is 1. The number of nitrogens with one attached hydrogen (secondary N) is 2. The first kappa shape index (κ1) is 17.3.